The van der Waals surface area contributed by atoms with Gasteiger partial charge < -0.3 is 15.3 Å². The standard InChI is InChI=1S/C12H14O4/c1-8(2-7-11(14)15)12(16)9-3-5-10(13)6-4-9/h2-8,12-13,16H,1H3,(H,14,15)/b7-2+/t8-,12-/m1/s1. The molecule has 2 atom stereocenters. The van der Waals surface area contributed by atoms with Crippen LogP contribution in [0.15, 0.2) is 36.4 Å². The molecule has 86 valence electrons. The summed E-state index contributed by atoms with van der Waals surface area (Å²) in [6.07, 6.45) is 1.66. The molecule has 0 saturated heterocycles. The average Bonchev–Trinajstić information content (AvgIpc) is 2.26. The molecule has 0 saturated carbocycles. The molecule has 0 heterocycles. The van der Waals surface area contributed by atoms with E-state index in [1.807, 2.05) is 0 Å². The first-order valence-electron chi connectivity index (χ1n) is 4.89. The Balaban J connectivity index is 2.73. The van der Waals surface area contributed by atoms with Gasteiger partial charge in [-0.25, -0.2) is 4.79 Å². The highest BCUT2D eigenvalue weighted by atomic mass is 16.4. The zero-order valence-corrected chi connectivity index (χ0v) is 8.87. The first-order chi connectivity index (χ1) is 7.50. The SMILES string of the molecule is C[C@H](/C=C/C(=O)O)[C@@H](O)c1ccc(O)cc1. The van der Waals surface area contributed by atoms with E-state index in [4.69, 9.17) is 10.2 Å². The van der Waals surface area contributed by atoms with E-state index in [1.54, 1.807) is 19.1 Å². The first kappa shape index (κ1) is 12.3. The number of benzene rings is 1. The van der Waals surface area contributed by atoms with Gasteiger partial charge in [0.25, 0.3) is 0 Å². The Morgan fingerprint density at radius 3 is 2.38 bits per heavy atom. The topological polar surface area (TPSA) is 77.8 Å². The van der Waals surface area contributed by atoms with Crippen molar-refractivity contribution in [3.63, 3.8) is 0 Å². The number of aromatic hydroxyl groups is 1. The van der Waals surface area contributed by atoms with Gasteiger partial charge in [-0.1, -0.05) is 25.1 Å². The van der Waals surface area contributed by atoms with Crippen molar-refractivity contribution in [3.8, 4) is 5.75 Å². The highest BCUT2D eigenvalue weighted by Gasteiger charge is 2.13. The van der Waals surface area contributed by atoms with Gasteiger partial charge in [-0.05, 0) is 17.7 Å². The monoisotopic (exact) mass is 222 g/mol. The minimum atomic E-state index is -1.04. The molecule has 1 rings (SSSR count). The van der Waals surface area contributed by atoms with Crippen molar-refractivity contribution in [1.82, 2.24) is 0 Å². The number of aliphatic carboxylic acids is 1. The summed E-state index contributed by atoms with van der Waals surface area (Å²) in [5.74, 6) is -1.21. The van der Waals surface area contributed by atoms with E-state index >= 15 is 0 Å². The lowest BCUT2D eigenvalue weighted by molar-refractivity contribution is -0.131. The number of carboxylic acids is 1. The van der Waals surface area contributed by atoms with Gasteiger partial charge in [0.2, 0.25) is 0 Å². The molecule has 0 unspecified atom stereocenters. The fraction of sp³-hybridized carbons (Fsp3) is 0.250. The third-order valence-corrected chi connectivity index (χ3v) is 2.28. The first-order valence-corrected chi connectivity index (χ1v) is 4.89. The van der Waals surface area contributed by atoms with Crippen LogP contribution in [0, 0.1) is 5.92 Å². The fourth-order valence-electron chi connectivity index (χ4n) is 1.31. The van der Waals surface area contributed by atoms with Crippen LogP contribution in [-0.4, -0.2) is 21.3 Å². The third-order valence-electron chi connectivity index (χ3n) is 2.28. The summed E-state index contributed by atoms with van der Waals surface area (Å²) in [4.78, 5) is 10.3. The van der Waals surface area contributed by atoms with E-state index in [1.165, 1.54) is 18.2 Å². The van der Waals surface area contributed by atoms with Gasteiger partial charge in [0.1, 0.15) is 5.75 Å². The van der Waals surface area contributed by atoms with E-state index in [9.17, 15) is 9.90 Å². The van der Waals surface area contributed by atoms with Crippen LogP contribution in [0.3, 0.4) is 0 Å². The fourth-order valence-corrected chi connectivity index (χ4v) is 1.31. The lowest BCUT2D eigenvalue weighted by atomic mass is 9.97. The van der Waals surface area contributed by atoms with E-state index in [0.29, 0.717) is 5.56 Å². The van der Waals surface area contributed by atoms with Crippen molar-refractivity contribution in [2.24, 2.45) is 5.92 Å². The molecule has 0 aliphatic heterocycles. The molecule has 0 aliphatic rings. The van der Waals surface area contributed by atoms with Gasteiger partial charge in [-0.3, -0.25) is 0 Å². The van der Waals surface area contributed by atoms with Crippen LogP contribution < -0.4 is 0 Å². The smallest absolute Gasteiger partial charge is 0.327 e. The van der Waals surface area contributed by atoms with Crippen LogP contribution in [0.2, 0.25) is 0 Å². The zero-order valence-electron chi connectivity index (χ0n) is 8.87. The van der Waals surface area contributed by atoms with Gasteiger partial charge in [0.05, 0.1) is 6.10 Å². The largest absolute Gasteiger partial charge is 0.508 e. The molecular formula is C12H14O4. The van der Waals surface area contributed by atoms with E-state index in [0.717, 1.165) is 6.08 Å². The Hall–Kier alpha value is -1.81. The van der Waals surface area contributed by atoms with Crippen LogP contribution >= 0.6 is 0 Å². The number of rotatable bonds is 4. The van der Waals surface area contributed by atoms with Crippen LogP contribution in [0.1, 0.15) is 18.6 Å². The molecule has 0 spiro atoms. The van der Waals surface area contributed by atoms with E-state index in [2.05, 4.69) is 0 Å². The molecular weight excluding hydrogens is 208 g/mol. The maximum Gasteiger partial charge on any atom is 0.327 e. The van der Waals surface area contributed by atoms with Gasteiger partial charge >= 0.3 is 5.97 Å². The summed E-state index contributed by atoms with van der Waals surface area (Å²) in [7, 11) is 0. The normalized spacial score (nSPS) is 14.9. The maximum atomic E-state index is 10.3. The summed E-state index contributed by atoms with van der Waals surface area (Å²) in [5.41, 5.74) is 0.639. The van der Waals surface area contributed by atoms with Crippen LogP contribution in [-0.2, 0) is 4.79 Å². The highest BCUT2D eigenvalue weighted by molar-refractivity contribution is 5.79. The van der Waals surface area contributed by atoms with E-state index < -0.39 is 12.1 Å². The van der Waals surface area contributed by atoms with Gasteiger partial charge in [-0.15, -0.1) is 0 Å². The molecule has 0 radical (unpaired) electrons. The summed E-state index contributed by atoms with van der Waals surface area (Å²) in [5, 5.41) is 27.4. The van der Waals surface area contributed by atoms with Crippen molar-refractivity contribution in [2.45, 2.75) is 13.0 Å². The molecule has 4 heteroatoms. The lowest BCUT2D eigenvalue weighted by Gasteiger charge is -2.15. The average molecular weight is 222 g/mol. The maximum absolute atomic E-state index is 10.3. The Morgan fingerprint density at radius 1 is 1.31 bits per heavy atom. The molecule has 0 bridgehead atoms. The third kappa shape index (κ3) is 3.40. The molecule has 1 aromatic carbocycles. The molecule has 0 fully saturated rings. The second-order valence-corrected chi connectivity index (χ2v) is 3.59. The van der Waals surface area contributed by atoms with Crippen molar-refractivity contribution >= 4 is 5.97 Å². The number of aliphatic hydroxyl groups excluding tert-OH is 1. The Kier molecular flexibility index (Phi) is 4.08. The highest BCUT2D eigenvalue weighted by Crippen LogP contribution is 2.24. The summed E-state index contributed by atoms with van der Waals surface area (Å²) < 4.78 is 0. The number of carbonyl (C=O) groups is 1. The zero-order chi connectivity index (χ0) is 12.1. The minimum absolute atomic E-state index is 0.129. The Labute approximate surface area is 93.5 Å². The number of phenolic OH excluding ortho intramolecular Hbond substituents is 1. The Bertz CT molecular complexity index is 381. The molecule has 4 nitrogen and oxygen atoms in total. The van der Waals surface area contributed by atoms with Gasteiger partial charge in [-0.2, -0.15) is 0 Å². The molecule has 16 heavy (non-hydrogen) atoms. The predicted molar refractivity (Wildman–Crippen MR) is 59.0 cm³/mol. The summed E-state index contributed by atoms with van der Waals surface area (Å²) >= 11 is 0. The van der Waals surface area contributed by atoms with Crippen LogP contribution in [0.4, 0.5) is 0 Å². The molecule has 0 amide bonds. The number of hydrogen-bond donors (Lipinski definition) is 3. The van der Waals surface area contributed by atoms with Crippen molar-refractivity contribution in [1.29, 1.82) is 0 Å². The second-order valence-electron chi connectivity index (χ2n) is 3.59. The molecule has 3 N–H and O–H groups in total. The lowest BCUT2D eigenvalue weighted by Crippen LogP contribution is -2.07. The number of phenols is 1. The van der Waals surface area contributed by atoms with Gasteiger partial charge in [0.15, 0.2) is 0 Å². The summed E-state index contributed by atoms with van der Waals surface area (Å²) in [6, 6.07) is 6.16. The van der Waals surface area contributed by atoms with Crippen molar-refractivity contribution in [3.05, 3.63) is 42.0 Å². The molecule has 0 aliphatic carbocycles. The molecule has 0 aromatic heterocycles. The van der Waals surface area contributed by atoms with Gasteiger partial charge in [0, 0.05) is 12.0 Å². The quantitative estimate of drug-likeness (QED) is 0.677. The predicted octanol–water partition coefficient (Wildman–Crippen LogP) is 1.70. The van der Waals surface area contributed by atoms with Crippen molar-refractivity contribution < 1.29 is 20.1 Å². The number of carboxylic acid groups (broad SMARTS) is 1. The van der Waals surface area contributed by atoms with Crippen LogP contribution in [0.25, 0.3) is 0 Å². The second kappa shape index (κ2) is 5.32. The number of aliphatic hydroxyl groups is 1. The number of hydrogen-bond acceptors (Lipinski definition) is 3. The minimum Gasteiger partial charge on any atom is -0.508 e. The van der Waals surface area contributed by atoms with Crippen LogP contribution in [0.5, 0.6) is 5.75 Å². The van der Waals surface area contributed by atoms with E-state index in [-0.39, 0.29) is 11.7 Å². The molecule has 1 aromatic rings. The van der Waals surface area contributed by atoms with Crippen molar-refractivity contribution in [2.75, 3.05) is 0 Å². The summed E-state index contributed by atoms with van der Waals surface area (Å²) in [6.45, 7) is 1.72. The Morgan fingerprint density at radius 2 is 1.88 bits per heavy atom.